The van der Waals surface area contributed by atoms with Crippen LogP contribution in [0.25, 0.3) is 0 Å². The van der Waals surface area contributed by atoms with Gasteiger partial charge in [0.1, 0.15) is 0 Å². The van der Waals surface area contributed by atoms with Crippen LogP contribution in [-0.2, 0) is 15.7 Å². The number of amides is 1. The number of hydrogen-bond donors (Lipinski definition) is 0. The standard InChI is InChI=1S/C20H18F3NO3/c1-12-11-15(19(26)27-2)13-7-4-6-10-17(13)24(12)18(25)14-8-3-5-9-16(14)20(21,22)23/h3-10,12,15H,11H2,1-2H3. The van der Waals surface area contributed by atoms with Gasteiger partial charge in [0.25, 0.3) is 5.91 Å². The van der Waals surface area contributed by atoms with E-state index < -0.39 is 41.1 Å². The number of para-hydroxylation sites is 1. The Bertz CT molecular complexity index is 879. The van der Waals surface area contributed by atoms with Crippen molar-refractivity contribution in [2.45, 2.75) is 31.5 Å². The lowest BCUT2D eigenvalue weighted by atomic mass is 9.85. The minimum atomic E-state index is -4.64. The van der Waals surface area contributed by atoms with E-state index in [1.807, 2.05) is 0 Å². The highest BCUT2D eigenvalue weighted by atomic mass is 19.4. The molecule has 0 saturated carbocycles. The number of ether oxygens (including phenoxy) is 1. The molecular formula is C20H18F3NO3. The average Bonchev–Trinajstić information content (AvgIpc) is 2.65. The highest BCUT2D eigenvalue weighted by Gasteiger charge is 2.41. The zero-order chi connectivity index (χ0) is 19.8. The molecule has 142 valence electrons. The van der Waals surface area contributed by atoms with Gasteiger partial charge in [-0.05, 0) is 37.1 Å². The summed E-state index contributed by atoms with van der Waals surface area (Å²) in [6, 6.07) is 11.0. The SMILES string of the molecule is COC(=O)C1CC(C)N(C(=O)c2ccccc2C(F)(F)F)c2ccccc21. The molecule has 0 aliphatic carbocycles. The average molecular weight is 377 g/mol. The third kappa shape index (κ3) is 3.41. The second-order valence-corrected chi connectivity index (χ2v) is 6.44. The van der Waals surface area contributed by atoms with Crippen LogP contribution in [-0.4, -0.2) is 25.0 Å². The van der Waals surface area contributed by atoms with Gasteiger partial charge < -0.3 is 9.64 Å². The summed E-state index contributed by atoms with van der Waals surface area (Å²) in [5, 5.41) is 0. The van der Waals surface area contributed by atoms with Gasteiger partial charge in [-0.3, -0.25) is 9.59 Å². The van der Waals surface area contributed by atoms with Crippen molar-refractivity contribution in [3.8, 4) is 0 Å². The van der Waals surface area contributed by atoms with E-state index in [-0.39, 0.29) is 6.42 Å². The number of anilines is 1. The number of carbonyl (C=O) groups excluding carboxylic acids is 2. The summed E-state index contributed by atoms with van der Waals surface area (Å²) < 4.78 is 44.9. The normalized spacial score (nSPS) is 19.4. The van der Waals surface area contributed by atoms with Gasteiger partial charge >= 0.3 is 12.1 Å². The van der Waals surface area contributed by atoms with Crippen LogP contribution in [0.3, 0.4) is 0 Å². The van der Waals surface area contributed by atoms with E-state index in [0.29, 0.717) is 11.3 Å². The van der Waals surface area contributed by atoms with Crippen molar-refractivity contribution in [2.75, 3.05) is 12.0 Å². The number of methoxy groups -OCH3 is 1. The van der Waals surface area contributed by atoms with E-state index in [1.165, 1.54) is 30.2 Å². The number of rotatable bonds is 2. The van der Waals surface area contributed by atoms with Gasteiger partial charge in [0, 0.05) is 11.7 Å². The molecule has 0 N–H and O–H groups in total. The molecule has 0 bridgehead atoms. The fourth-order valence-electron chi connectivity index (χ4n) is 3.53. The van der Waals surface area contributed by atoms with Gasteiger partial charge in [0.05, 0.1) is 24.2 Å². The van der Waals surface area contributed by atoms with Crippen LogP contribution in [0.4, 0.5) is 18.9 Å². The van der Waals surface area contributed by atoms with Crippen molar-refractivity contribution in [3.05, 3.63) is 65.2 Å². The van der Waals surface area contributed by atoms with Crippen LogP contribution in [0, 0.1) is 0 Å². The zero-order valence-electron chi connectivity index (χ0n) is 14.8. The molecule has 1 heterocycles. The van der Waals surface area contributed by atoms with Crippen molar-refractivity contribution in [1.29, 1.82) is 0 Å². The Morgan fingerprint density at radius 1 is 1.07 bits per heavy atom. The van der Waals surface area contributed by atoms with Crippen molar-refractivity contribution in [2.24, 2.45) is 0 Å². The number of halogens is 3. The maximum atomic E-state index is 13.4. The molecule has 1 aliphatic rings. The monoisotopic (exact) mass is 377 g/mol. The van der Waals surface area contributed by atoms with Crippen LogP contribution in [0.15, 0.2) is 48.5 Å². The smallest absolute Gasteiger partial charge is 0.417 e. The first-order chi connectivity index (χ1) is 12.8. The van der Waals surface area contributed by atoms with Gasteiger partial charge in [-0.2, -0.15) is 13.2 Å². The molecule has 0 radical (unpaired) electrons. The Labute approximate surface area is 154 Å². The summed E-state index contributed by atoms with van der Waals surface area (Å²) in [4.78, 5) is 26.6. The van der Waals surface area contributed by atoms with E-state index in [0.717, 1.165) is 6.07 Å². The summed E-state index contributed by atoms with van der Waals surface area (Å²) in [6.45, 7) is 1.71. The second kappa shape index (κ2) is 7.06. The van der Waals surface area contributed by atoms with Gasteiger partial charge in [-0.1, -0.05) is 30.3 Å². The summed E-state index contributed by atoms with van der Waals surface area (Å²) in [7, 11) is 1.28. The van der Waals surface area contributed by atoms with E-state index >= 15 is 0 Å². The molecule has 0 aromatic heterocycles. The van der Waals surface area contributed by atoms with Gasteiger partial charge in [0.15, 0.2) is 0 Å². The molecule has 1 aliphatic heterocycles. The maximum absolute atomic E-state index is 13.4. The molecule has 27 heavy (non-hydrogen) atoms. The number of hydrogen-bond acceptors (Lipinski definition) is 3. The highest BCUT2D eigenvalue weighted by Crippen LogP contribution is 2.41. The molecule has 0 fully saturated rings. The Kier molecular flexibility index (Phi) is 4.95. The lowest BCUT2D eigenvalue weighted by Crippen LogP contribution is -2.45. The maximum Gasteiger partial charge on any atom is 0.417 e. The first-order valence-corrected chi connectivity index (χ1v) is 8.42. The largest absolute Gasteiger partial charge is 0.469 e. The molecule has 2 unspecified atom stereocenters. The first-order valence-electron chi connectivity index (χ1n) is 8.42. The minimum Gasteiger partial charge on any atom is -0.469 e. The van der Waals surface area contributed by atoms with Crippen molar-refractivity contribution < 1.29 is 27.5 Å². The summed E-state index contributed by atoms with van der Waals surface area (Å²) >= 11 is 0. The molecule has 1 amide bonds. The molecule has 0 saturated heterocycles. The van der Waals surface area contributed by atoms with Crippen LogP contribution in [0.1, 0.15) is 40.7 Å². The molecule has 2 aromatic carbocycles. The number of benzene rings is 2. The van der Waals surface area contributed by atoms with Crippen LogP contribution in [0.2, 0.25) is 0 Å². The number of nitrogens with zero attached hydrogens (tertiary/aromatic N) is 1. The third-order valence-corrected chi connectivity index (χ3v) is 4.76. The Hall–Kier alpha value is -2.83. The number of fused-ring (bicyclic) bond motifs is 1. The number of esters is 1. The van der Waals surface area contributed by atoms with Crippen molar-refractivity contribution in [3.63, 3.8) is 0 Å². The molecule has 3 rings (SSSR count). The highest BCUT2D eigenvalue weighted by molar-refractivity contribution is 6.08. The predicted octanol–water partition coefficient (Wildman–Crippen LogP) is 4.40. The van der Waals surface area contributed by atoms with Gasteiger partial charge in [-0.25, -0.2) is 0 Å². The topological polar surface area (TPSA) is 46.6 Å². The fourth-order valence-corrected chi connectivity index (χ4v) is 3.53. The van der Waals surface area contributed by atoms with Crippen LogP contribution in [0.5, 0.6) is 0 Å². The van der Waals surface area contributed by atoms with E-state index in [2.05, 4.69) is 0 Å². The molecule has 2 aromatic rings. The van der Waals surface area contributed by atoms with Crippen molar-refractivity contribution >= 4 is 17.6 Å². The van der Waals surface area contributed by atoms with E-state index in [4.69, 9.17) is 4.74 Å². The lowest BCUT2D eigenvalue weighted by molar-refractivity contribution is -0.142. The molecule has 0 spiro atoms. The number of alkyl halides is 3. The molecular weight excluding hydrogens is 359 g/mol. The van der Waals surface area contributed by atoms with E-state index in [9.17, 15) is 22.8 Å². The zero-order valence-corrected chi connectivity index (χ0v) is 14.8. The van der Waals surface area contributed by atoms with Crippen LogP contribution >= 0.6 is 0 Å². The number of carbonyl (C=O) groups is 2. The summed E-state index contributed by atoms with van der Waals surface area (Å²) in [5.74, 6) is -1.74. The van der Waals surface area contributed by atoms with Crippen molar-refractivity contribution in [1.82, 2.24) is 0 Å². The Balaban J connectivity index is 2.10. The quantitative estimate of drug-likeness (QED) is 0.729. The first kappa shape index (κ1) is 18.9. The lowest BCUT2D eigenvalue weighted by Gasteiger charge is -2.38. The predicted molar refractivity (Wildman–Crippen MR) is 93.5 cm³/mol. The molecule has 4 nitrogen and oxygen atoms in total. The Morgan fingerprint density at radius 3 is 2.37 bits per heavy atom. The molecule has 2 atom stereocenters. The van der Waals surface area contributed by atoms with E-state index in [1.54, 1.807) is 31.2 Å². The third-order valence-electron chi connectivity index (χ3n) is 4.76. The second-order valence-electron chi connectivity index (χ2n) is 6.44. The van der Waals surface area contributed by atoms with Crippen LogP contribution < -0.4 is 4.90 Å². The molecule has 7 heteroatoms. The minimum absolute atomic E-state index is 0.267. The Morgan fingerprint density at radius 2 is 1.70 bits per heavy atom. The van der Waals surface area contributed by atoms with Gasteiger partial charge in [0.2, 0.25) is 0 Å². The summed E-state index contributed by atoms with van der Waals surface area (Å²) in [6.07, 6.45) is -4.37. The van der Waals surface area contributed by atoms with Gasteiger partial charge in [-0.15, -0.1) is 0 Å². The summed E-state index contributed by atoms with van der Waals surface area (Å²) in [5.41, 5.74) is -0.396. The fraction of sp³-hybridized carbons (Fsp3) is 0.300.